The van der Waals surface area contributed by atoms with Gasteiger partial charge in [0.05, 0.1) is 18.6 Å². The van der Waals surface area contributed by atoms with Crippen molar-refractivity contribution in [3.63, 3.8) is 0 Å². The molecule has 1 aliphatic heterocycles. The summed E-state index contributed by atoms with van der Waals surface area (Å²) in [6.07, 6.45) is 4.61. The minimum atomic E-state index is -1.67. The number of primary amides is 1. The molecule has 1 saturated heterocycles. The van der Waals surface area contributed by atoms with E-state index in [0.29, 0.717) is 56.4 Å². The lowest BCUT2D eigenvalue weighted by Crippen LogP contribution is -2.62. The maximum Gasteiger partial charge on any atom is 0.326 e. The molecule has 1 aromatic carbocycles. The molecule has 0 radical (unpaired) electrons. The number of aliphatic carboxylic acids is 1. The number of carbonyl (C=O) groups excluding carboxylic acids is 8. The lowest BCUT2D eigenvalue weighted by Gasteiger charge is -2.31. The van der Waals surface area contributed by atoms with Crippen LogP contribution < -0.4 is 54.8 Å². The Labute approximate surface area is 418 Å². The van der Waals surface area contributed by atoms with Crippen LogP contribution in [0.2, 0.25) is 0 Å². The zero-order valence-corrected chi connectivity index (χ0v) is 42.0. The fraction of sp³-hybridized carbons (Fsp3) is 0.638. The molecule has 10 atom stereocenters. The van der Waals surface area contributed by atoms with E-state index < -0.39 is 114 Å². The number of fused-ring (bicyclic) bond motifs is 1. The molecule has 2 heterocycles. The van der Waals surface area contributed by atoms with Gasteiger partial charge in [-0.3, -0.25) is 38.4 Å². The summed E-state index contributed by atoms with van der Waals surface area (Å²) in [4.78, 5) is 125. The van der Waals surface area contributed by atoms with Crippen molar-refractivity contribution in [3.05, 3.63) is 36.0 Å². The molecule has 1 fully saturated rings. The quantitative estimate of drug-likeness (QED) is 0.0365. The average Bonchev–Trinajstić information content (AvgIpc) is 4.00. The number of hydrogen-bond donors (Lipinski definition) is 13. The Morgan fingerprint density at radius 1 is 0.775 bits per heavy atom. The highest BCUT2D eigenvalue weighted by atomic mass is 32.2. The molecule has 0 saturated carbocycles. The second-order valence-electron chi connectivity index (χ2n) is 18.1. The lowest BCUT2D eigenvalue weighted by atomic mass is 9.98. The summed E-state index contributed by atoms with van der Waals surface area (Å²) < 4.78 is 0. The average molecular weight is 1020 g/mol. The van der Waals surface area contributed by atoms with Crippen LogP contribution in [0.1, 0.15) is 97.0 Å². The molecule has 396 valence electrons. The third-order valence-electron chi connectivity index (χ3n) is 12.6. The van der Waals surface area contributed by atoms with E-state index in [2.05, 4.69) is 36.9 Å². The van der Waals surface area contributed by atoms with Crippen LogP contribution >= 0.6 is 11.8 Å². The Kier molecular flexibility index (Phi) is 25.3. The van der Waals surface area contributed by atoms with Gasteiger partial charge in [0, 0.05) is 30.1 Å². The van der Waals surface area contributed by atoms with Crippen LogP contribution in [-0.4, -0.2) is 159 Å². The summed E-state index contributed by atoms with van der Waals surface area (Å²) in [5.74, 6) is -7.46. The van der Waals surface area contributed by atoms with E-state index in [-0.39, 0.29) is 51.1 Å². The Hall–Kier alpha value is -5.82. The molecule has 71 heavy (non-hydrogen) atoms. The van der Waals surface area contributed by atoms with Gasteiger partial charge in [-0.1, -0.05) is 38.5 Å². The minimum absolute atomic E-state index is 0.0474. The number of nitrogens with one attached hydrogen (secondary N) is 7. The zero-order chi connectivity index (χ0) is 52.8. The van der Waals surface area contributed by atoms with Crippen molar-refractivity contribution in [1.29, 1.82) is 0 Å². The molecule has 1 aromatic heterocycles. The van der Waals surface area contributed by atoms with E-state index in [1.54, 1.807) is 38.4 Å². The Balaban J connectivity index is 1.86. The van der Waals surface area contributed by atoms with E-state index in [9.17, 15) is 53.4 Å². The summed E-state index contributed by atoms with van der Waals surface area (Å²) in [5, 5.41) is 37.2. The first-order chi connectivity index (χ1) is 33.8. The number of hydrogen-bond acceptors (Lipinski definition) is 14. The standard InChI is InChI=1S/C47H76N12O11S/c1-5-26(2)38(47(69)70)57-44(66)36-17-12-21-59(36)46(68)34(16-9-11-20-49)55-41(63)32(15-8-10-19-48)53-42(64)33(18-22-71-4)54-45(67)39(27(3)60)58-43(65)35(56-40(62)30(50)24-37(51)61)23-28-25-52-31-14-7-6-13-29(28)31/h6-7,13-14,25-27,30,32-36,38-39,52,60H,5,8-12,15-24,48-50H2,1-4H3,(H2,51,61)(H,53,64)(H,54,67)(H,55,63)(H,56,62)(H,57,66)(H,58,65)(H,69,70)/t26-,27+,30-,32-,33-,34-,35-,36-,38-,39-/m0/s1. The van der Waals surface area contributed by atoms with Crippen LogP contribution in [0.15, 0.2) is 30.5 Å². The minimum Gasteiger partial charge on any atom is -0.480 e. The lowest BCUT2D eigenvalue weighted by molar-refractivity contribution is -0.146. The fourth-order valence-electron chi connectivity index (χ4n) is 8.24. The van der Waals surface area contributed by atoms with Crippen LogP contribution in [0.5, 0.6) is 0 Å². The summed E-state index contributed by atoms with van der Waals surface area (Å²) >= 11 is 1.37. The predicted octanol–water partition coefficient (Wildman–Crippen LogP) is -1.66. The van der Waals surface area contributed by atoms with Gasteiger partial charge < -0.3 is 74.9 Å². The van der Waals surface area contributed by atoms with Gasteiger partial charge >= 0.3 is 5.97 Å². The topological polar surface area (TPSA) is 389 Å². The number of carbonyl (C=O) groups is 9. The van der Waals surface area contributed by atoms with Crippen molar-refractivity contribution < 1.29 is 53.4 Å². The normalized spacial score (nSPS) is 17.3. The highest BCUT2D eigenvalue weighted by Crippen LogP contribution is 2.22. The van der Waals surface area contributed by atoms with E-state index in [1.165, 1.54) is 23.6 Å². The van der Waals surface area contributed by atoms with Crippen molar-refractivity contribution in [2.75, 3.05) is 31.6 Å². The van der Waals surface area contributed by atoms with Gasteiger partial charge in [-0.2, -0.15) is 11.8 Å². The Bertz CT molecular complexity index is 2130. The van der Waals surface area contributed by atoms with Crippen molar-refractivity contribution in [2.24, 2.45) is 28.9 Å². The number of aromatic amines is 1. The first-order valence-electron chi connectivity index (χ1n) is 24.3. The Morgan fingerprint density at radius 2 is 1.35 bits per heavy atom. The van der Waals surface area contributed by atoms with Gasteiger partial charge in [0.2, 0.25) is 47.3 Å². The van der Waals surface area contributed by atoms with Crippen LogP contribution in [0, 0.1) is 5.92 Å². The number of rotatable bonds is 32. The number of carboxylic acids is 1. The molecule has 1 aliphatic rings. The predicted molar refractivity (Wildman–Crippen MR) is 268 cm³/mol. The maximum absolute atomic E-state index is 14.3. The molecule has 3 rings (SSSR count). The van der Waals surface area contributed by atoms with E-state index in [4.69, 9.17) is 22.9 Å². The summed E-state index contributed by atoms with van der Waals surface area (Å²) in [5.41, 5.74) is 24.0. The van der Waals surface area contributed by atoms with Gasteiger partial charge in [0.25, 0.3) is 0 Å². The number of carboxylic acid groups (broad SMARTS) is 1. The third-order valence-corrected chi connectivity index (χ3v) is 13.2. The van der Waals surface area contributed by atoms with E-state index in [1.807, 2.05) is 12.1 Å². The zero-order valence-electron chi connectivity index (χ0n) is 41.2. The third kappa shape index (κ3) is 18.4. The van der Waals surface area contributed by atoms with Crippen LogP contribution in [0.3, 0.4) is 0 Å². The number of unbranched alkanes of at least 4 members (excludes halogenated alkanes) is 2. The number of H-pyrrole nitrogens is 1. The molecule has 23 nitrogen and oxygen atoms in total. The molecule has 0 spiro atoms. The van der Waals surface area contributed by atoms with Crippen molar-refractivity contribution in [1.82, 2.24) is 41.8 Å². The second kappa shape index (κ2) is 30.1. The van der Waals surface area contributed by atoms with Gasteiger partial charge in [-0.15, -0.1) is 0 Å². The molecule has 0 unspecified atom stereocenters. The number of likely N-dealkylation sites (tertiary alicyclic amines) is 1. The number of thioether (sulfide) groups is 1. The van der Waals surface area contributed by atoms with Crippen molar-refractivity contribution in [3.8, 4) is 0 Å². The fourth-order valence-corrected chi connectivity index (χ4v) is 8.71. The van der Waals surface area contributed by atoms with Gasteiger partial charge in [0.1, 0.15) is 42.3 Å². The van der Waals surface area contributed by atoms with Gasteiger partial charge in [-0.05, 0) is 107 Å². The van der Waals surface area contributed by atoms with Gasteiger partial charge in [-0.25, -0.2) is 4.79 Å². The first-order valence-corrected chi connectivity index (χ1v) is 25.7. The smallest absolute Gasteiger partial charge is 0.326 e. The van der Waals surface area contributed by atoms with E-state index >= 15 is 0 Å². The number of amides is 8. The monoisotopic (exact) mass is 1020 g/mol. The molecule has 24 heteroatoms. The number of para-hydroxylation sites is 1. The van der Waals surface area contributed by atoms with Crippen molar-refractivity contribution >= 4 is 75.9 Å². The van der Waals surface area contributed by atoms with Crippen LogP contribution in [0.4, 0.5) is 0 Å². The van der Waals surface area contributed by atoms with E-state index in [0.717, 1.165) is 10.9 Å². The Morgan fingerprint density at radius 3 is 1.94 bits per heavy atom. The molecule has 2 aromatic rings. The molecular formula is C47H76N12O11S. The highest BCUT2D eigenvalue weighted by molar-refractivity contribution is 7.98. The van der Waals surface area contributed by atoms with Gasteiger partial charge in [0.15, 0.2) is 0 Å². The molecule has 8 amide bonds. The number of aliphatic hydroxyl groups is 1. The number of benzene rings is 1. The molecule has 0 aliphatic carbocycles. The van der Waals surface area contributed by atoms with Crippen LogP contribution in [-0.2, 0) is 49.6 Å². The highest BCUT2D eigenvalue weighted by Gasteiger charge is 2.41. The molecular weight excluding hydrogens is 941 g/mol. The number of nitrogens with two attached hydrogens (primary N) is 4. The first kappa shape index (κ1) is 59.5. The second-order valence-corrected chi connectivity index (χ2v) is 19.0. The SMILES string of the molecule is CC[C@H](C)[C@H](NC(=O)[C@@H]1CCCN1C(=O)[C@H](CCCCN)NC(=O)[C@H](CCCCN)NC(=O)[C@H](CCSC)NC(=O)[C@@H](NC(=O)[C@H](Cc1c[nH]c2ccccc12)NC(=O)[C@@H](N)CC(N)=O)[C@@H](C)O)C(=O)O. The summed E-state index contributed by atoms with van der Waals surface area (Å²) in [6, 6.07) is -3.06. The van der Waals surface area contributed by atoms with Crippen LogP contribution in [0.25, 0.3) is 10.9 Å². The number of nitrogens with zero attached hydrogens (tertiary/aromatic N) is 1. The van der Waals surface area contributed by atoms with Crippen molar-refractivity contribution in [2.45, 2.75) is 152 Å². The largest absolute Gasteiger partial charge is 0.480 e. The number of aromatic nitrogens is 1. The number of aliphatic hydroxyl groups excluding tert-OH is 1. The summed E-state index contributed by atoms with van der Waals surface area (Å²) in [7, 11) is 0. The summed E-state index contributed by atoms with van der Waals surface area (Å²) in [6.45, 7) is 5.54. The molecule has 17 N–H and O–H groups in total. The maximum atomic E-state index is 14.3. The molecule has 0 bridgehead atoms.